The summed E-state index contributed by atoms with van der Waals surface area (Å²) in [5.74, 6) is -0.379. The quantitative estimate of drug-likeness (QED) is 0.759. The molecule has 0 heterocycles. The van der Waals surface area contributed by atoms with Gasteiger partial charge in [0, 0.05) is 12.6 Å². The monoisotopic (exact) mass is 298 g/mol. The zero-order valence-corrected chi connectivity index (χ0v) is 14.4. The molecule has 1 fully saturated rings. The molecule has 1 amide bonds. The van der Waals surface area contributed by atoms with Crippen LogP contribution in [-0.4, -0.2) is 41.5 Å². The molecular weight excluding hydrogens is 268 g/mol. The highest BCUT2D eigenvalue weighted by Gasteiger charge is 2.63. The summed E-state index contributed by atoms with van der Waals surface area (Å²) in [6.45, 7) is 14.8. The van der Waals surface area contributed by atoms with Gasteiger partial charge in [0.05, 0.1) is 12.5 Å². The highest BCUT2D eigenvalue weighted by Crippen LogP contribution is 2.59. The summed E-state index contributed by atoms with van der Waals surface area (Å²) in [7, 11) is 0. The summed E-state index contributed by atoms with van der Waals surface area (Å²) >= 11 is 0. The Morgan fingerprint density at radius 2 is 1.81 bits per heavy atom. The van der Waals surface area contributed by atoms with Gasteiger partial charge in [-0.25, -0.2) is 0 Å². The number of ether oxygens (including phenoxy) is 1. The van der Waals surface area contributed by atoms with Gasteiger partial charge < -0.3 is 10.5 Å². The summed E-state index contributed by atoms with van der Waals surface area (Å²) in [5.41, 5.74) is 4.74. The van der Waals surface area contributed by atoms with Crippen LogP contribution in [0.5, 0.6) is 0 Å². The molecular formula is C16H30N2O3. The van der Waals surface area contributed by atoms with Crippen molar-refractivity contribution < 1.29 is 14.3 Å². The van der Waals surface area contributed by atoms with Crippen LogP contribution in [0.2, 0.25) is 0 Å². The molecule has 2 N–H and O–H groups in total. The van der Waals surface area contributed by atoms with Crippen LogP contribution in [0.1, 0.15) is 48.5 Å². The number of nitrogens with two attached hydrogens (primary N) is 1. The van der Waals surface area contributed by atoms with Crippen molar-refractivity contribution in [3.8, 4) is 0 Å². The van der Waals surface area contributed by atoms with E-state index in [1.165, 1.54) is 0 Å². The van der Waals surface area contributed by atoms with E-state index in [9.17, 15) is 9.59 Å². The number of hydrogen-bond acceptors (Lipinski definition) is 4. The van der Waals surface area contributed by atoms with Crippen LogP contribution < -0.4 is 5.73 Å². The van der Waals surface area contributed by atoms with E-state index in [2.05, 4.69) is 13.8 Å². The van der Waals surface area contributed by atoms with Crippen molar-refractivity contribution in [3.63, 3.8) is 0 Å². The van der Waals surface area contributed by atoms with Gasteiger partial charge in [0.2, 0.25) is 5.91 Å². The Morgan fingerprint density at radius 3 is 2.19 bits per heavy atom. The van der Waals surface area contributed by atoms with Crippen LogP contribution in [0.25, 0.3) is 0 Å². The van der Waals surface area contributed by atoms with Crippen molar-refractivity contribution in [2.45, 2.75) is 60.1 Å². The summed E-state index contributed by atoms with van der Waals surface area (Å²) < 4.78 is 5.50. The van der Waals surface area contributed by atoms with Crippen molar-refractivity contribution in [2.24, 2.45) is 23.0 Å². The van der Waals surface area contributed by atoms with E-state index in [4.69, 9.17) is 10.5 Å². The Balaban J connectivity index is 2.71. The van der Waals surface area contributed by atoms with Crippen molar-refractivity contribution in [3.05, 3.63) is 0 Å². The van der Waals surface area contributed by atoms with Crippen LogP contribution in [0.3, 0.4) is 0 Å². The molecule has 21 heavy (non-hydrogen) atoms. The number of rotatable bonds is 6. The normalized spacial score (nSPS) is 24.2. The number of hydrogen-bond donors (Lipinski definition) is 1. The number of carbonyl (C=O) groups excluding carboxylic acids is 2. The van der Waals surface area contributed by atoms with E-state index in [-0.39, 0.29) is 41.7 Å². The van der Waals surface area contributed by atoms with Crippen LogP contribution in [0.15, 0.2) is 0 Å². The molecule has 0 unspecified atom stereocenters. The summed E-state index contributed by atoms with van der Waals surface area (Å²) in [4.78, 5) is 25.5. The predicted molar refractivity (Wildman–Crippen MR) is 82.5 cm³/mol. The molecule has 0 aliphatic heterocycles. The molecule has 1 saturated carbocycles. The Hall–Kier alpha value is -1.10. The van der Waals surface area contributed by atoms with Gasteiger partial charge in [-0.15, -0.1) is 0 Å². The third kappa shape index (κ3) is 4.70. The van der Waals surface area contributed by atoms with Crippen LogP contribution in [0.4, 0.5) is 0 Å². The van der Waals surface area contributed by atoms with Crippen molar-refractivity contribution in [2.75, 3.05) is 13.1 Å². The summed E-state index contributed by atoms with van der Waals surface area (Å²) in [6.07, 6.45) is 0. The number of carbonyl (C=O) groups is 2. The molecule has 0 spiro atoms. The van der Waals surface area contributed by atoms with Gasteiger partial charge in [-0.1, -0.05) is 13.8 Å². The molecule has 0 saturated heterocycles. The third-order valence-corrected chi connectivity index (χ3v) is 4.23. The highest BCUT2D eigenvalue weighted by molar-refractivity contribution is 5.78. The average molecular weight is 298 g/mol. The fraction of sp³-hybridized carbons (Fsp3) is 0.875. The van der Waals surface area contributed by atoms with E-state index in [1.807, 2.05) is 39.5 Å². The van der Waals surface area contributed by atoms with Gasteiger partial charge in [0.15, 0.2) is 0 Å². The minimum absolute atomic E-state index is 0.0902. The maximum absolute atomic E-state index is 12.3. The van der Waals surface area contributed by atoms with Crippen LogP contribution >= 0.6 is 0 Å². The molecule has 1 aliphatic rings. The number of esters is 1. The highest BCUT2D eigenvalue weighted by atomic mass is 16.6. The summed E-state index contributed by atoms with van der Waals surface area (Å²) in [6, 6.07) is 0.216. The lowest BCUT2D eigenvalue weighted by molar-refractivity contribution is -0.157. The van der Waals surface area contributed by atoms with Crippen LogP contribution in [-0.2, 0) is 14.3 Å². The standard InChI is InChI=1S/C16H30N2O3/c1-10(2)18(9-12(17)19)8-11-13(16(11,6)7)14(20)21-15(3,4)5/h10-11,13H,8-9H2,1-7H3,(H2,17,19)/t11-,13-/m0/s1. The molecule has 0 aromatic heterocycles. The number of nitrogens with zero attached hydrogens (tertiary/aromatic N) is 1. The second-order valence-corrected chi connectivity index (χ2v) is 7.93. The van der Waals surface area contributed by atoms with E-state index < -0.39 is 5.60 Å². The van der Waals surface area contributed by atoms with E-state index >= 15 is 0 Å². The average Bonchev–Trinajstić information content (AvgIpc) is 2.76. The fourth-order valence-electron chi connectivity index (χ4n) is 2.83. The molecule has 5 heteroatoms. The Kier molecular flexibility index (Phi) is 5.09. The topological polar surface area (TPSA) is 72.6 Å². The van der Waals surface area contributed by atoms with Gasteiger partial charge in [-0.3, -0.25) is 14.5 Å². The van der Waals surface area contributed by atoms with Gasteiger partial charge in [0.1, 0.15) is 5.60 Å². The predicted octanol–water partition coefficient (Wildman–Crippen LogP) is 1.80. The maximum atomic E-state index is 12.3. The molecule has 0 radical (unpaired) electrons. The first-order valence-electron chi connectivity index (χ1n) is 7.61. The van der Waals surface area contributed by atoms with Gasteiger partial charge >= 0.3 is 5.97 Å². The van der Waals surface area contributed by atoms with Gasteiger partial charge in [-0.05, 0) is 46.0 Å². The molecule has 1 aliphatic carbocycles. The van der Waals surface area contributed by atoms with E-state index in [0.29, 0.717) is 6.54 Å². The van der Waals surface area contributed by atoms with Crippen molar-refractivity contribution in [1.29, 1.82) is 0 Å². The second kappa shape index (κ2) is 5.95. The zero-order chi connectivity index (χ0) is 16.6. The van der Waals surface area contributed by atoms with Gasteiger partial charge in [-0.2, -0.15) is 0 Å². The van der Waals surface area contributed by atoms with Crippen LogP contribution in [0, 0.1) is 17.3 Å². The molecule has 1 rings (SSSR count). The SMILES string of the molecule is CC(C)N(CC(N)=O)C[C@H]1[C@@H](C(=O)OC(C)(C)C)C1(C)C. The molecule has 0 bridgehead atoms. The van der Waals surface area contributed by atoms with E-state index in [1.54, 1.807) is 0 Å². The Labute approximate surface area is 128 Å². The largest absolute Gasteiger partial charge is 0.460 e. The smallest absolute Gasteiger partial charge is 0.310 e. The lowest BCUT2D eigenvalue weighted by atomic mass is 10.1. The van der Waals surface area contributed by atoms with Crippen molar-refractivity contribution >= 4 is 11.9 Å². The van der Waals surface area contributed by atoms with Gasteiger partial charge in [0.25, 0.3) is 0 Å². The van der Waals surface area contributed by atoms with E-state index in [0.717, 1.165) is 0 Å². The Morgan fingerprint density at radius 1 is 1.29 bits per heavy atom. The third-order valence-electron chi connectivity index (χ3n) is 4.23. The fourth-order valence-corrected chi connectivity index (χ4v) is 2.83. The first-order valence-corrected chi connectivity index (χ1v) is 7.61. The molecule has 5 nitrogen and oxygen atoms in total. The zero-order valence-electron chi connectivity index (χ0n) is 14.4. The number of amides is 1. The minimum Gasteiger partial charge on any atom is -0.460 e. The number of primary amides is 1. The lowest BCUT2D eigenvalue weighted by Gasteiger charge is -2.25. The Bertz CT molecular complexity index is 410. The summed E-state index contributed by atoms with van der Waals surface area (Å²) in [5, 5.41) is 0. The first-order chi connectivity index (χ1) is 9.36. The lowest BCUT2D eigenvalue weighted by Crippen LogP contribution is -2.40. The first kappa shape index (κ1) is 18.0. The molecule has 122 valence electrons. The van der Waals surface area contributed by atoms with Crippen molar-refractivity contribution in [1.82, 2.24) is 4.90 Å². The second-order valence-electron chi connectivity index (χ2n) is 7.93. The molecule has 0 aromatic rings. The molecule has 2 atom stereocenters. The minimum atomic E-state index is -0.467. The molecule has 0 aromatic carbocycles. The maximum Gasteiger partial charge on any atom is 0.310 e.